The van der Waals surface area contributed by atoms with Crippen molar-refractivity contribution in [1.29, 1.82) is 0 Å². The van der Waals surface area contributed by atoms with Crippen LogP contribution in [0.25, 0.3) is 0 Å². The first kappa shape index (κ1) is 15.0. The second-order valence-corrected chi connectivity index (χ2v) is 5.97. The molecule has 2 heterocycles. The van der Waals surface area contributed by atoms with Crippen molar-refractivity contribution < 1.29 is 9.53 Å². The molecule has 1 aromatic rings. The van der Waals surface area contributed by atoms with Gasteiger partial charge in [-0.3, -0.25) is 4.79 Å². The van der Waals surface area contributed by atoms with Crippen molar-refractivity contribution in [3.8, 4) is 11.8 Å². The van der Waals surface area contributed by atoms with Crippen LogP contribution in [0.2, 0.25) is 0 Å². The van der Waals surface area contributed by atoms with Crippen LogP contribution in [0.5, 0.6) is 0 Å². The molecule has 5 heteroatoms. The van der Waals surface area contributed by atoms with Crippen molar-refractivity contribution in [3.05, 3.63) is 21.4 Å². The van der Waals surface area contributed by atoms with Gasteiger partial charge in [-0.05, 0) is 37.3 Å². The van der Waals surface area contributed by atoms with E-state index in [9.17, 15) is 4.79 Å². The molecule has 0 aromatic carbocycles. The van der Waals surface area contributed by atoms with E-state index in [0.29, 0.717) is 23.9 Å². The Kier molecular flexibility index (Phi) is 5.60. The maximum Gasteiger partial charge on any atom is 0.261 e. The minimum absolute atomic E-state index is 0.0236. The molecule has 1 atom stereocenters. The second-order valence-electron chi connectivity index (χ2n) is 4.92. The number of carbonyl (C=O) groups is 1. The predicted octanol–water partition coefficient (Wildman–Crippen LogP) is 1.52. The van der Waals surface area contributed by atoms with Crippen molar-refractivity contribution in [2.24, 2.45) is 11.7 Å². The highest BCUT2D eigenvalue weighted by molar-refractivity contribution is 7.14. The van der Waals surface area contributed by atoms with E-state index in [-0.39, 0.29) is 5.91 Å². The van der Waals surface area contributed by atoms with E-state index in [2.05, 4.69) is 17.2 Å². The Bertz CT molecular complexity index is 522. The molecule has 2 rings (SSSR count). The maximum absolute atomic E-state index is 12.1. The van der Waals surface area contributed by atoms with Crippen molar-refractivity contribution in [2.45, 2.75) is 19.8 Å². The van der Waals surface area contributed by atoms with E-state index in [1.54, 1.807) is 0 Å². The van der Waals surface area contributed by atoms with Crippen molar-refractivity contribution in [1.82, 2.24) is 5.32 Å². The van der Waals surface area contributed by atoms with Gasteiger partial charge in [-0.2, -0.15) is 0 Å². The van der Waals surface area contributed by atoms with Crippen molar-refractivity contribution >= 4 is 17.2 Å². The average Bonchev–Trinajstić information content (AvgIpc) is 2.85. The summed E-state index contributed by atoms with van der Waals surface area (Å²) in [5.74, 6) is 6.23. The fraction of sp³-hybridized carbons (Fsp3) is 0.533. The van der Waals surface area contributed by atoms with E-state index < -0.39 is 0 Å². The number of nitrogens with one attached hydrogen (secondary N) is 1. The molecule has 0 bridgehead atoms. The monoisotopic (exact) mass is 292 g/mol. The molecule has 0 saturated carbocycles. The van der Waals surface area contributed by atoms with Crippen LogP contribution in [-0.2, 0) is 4.74 Å². The molecule has 1 saturated heterocycles. The summed E-state index contributed by atoms with van der Waals surface area (Å²) in [5.41, 5.74) is 6.39. The lowest BCUT2D eigenvalue weighted by Gasteiger charge is -2.21. The standard InChI is InChI=1S/C15H20N2O2S/c1-11-8-14(20-13(11)5-2-6-16)15(18)17-9-12-4-3-7-19-10-12/h8,12H,3-4,6-7,9-10,16H2,1H3,(H,17,18). The molecule has 1 fully saturated rings. The summed E-state index contributed by atoms with van der Waals surface area (Å²) >= 11 is 1.42. The van der Waals surface area contributed by atoms with Crippen molar-refractivity contribution in [3.63, 3.8) is 0 Å². The van der Waals surface area contributed by atoms with E-state index in [1.165, 1.54) is 11.3 Å². The zero-order chi connectivity index (χ0) is 14.4. The van der Waals surface area contributed by atoms with E-state index in [4.69, 9.17) is 10.5 Å². The van der Waals surface area contributed by atoms with Gasteiger partial charge in [-0.25, -0.2) is 0 Å². The first-order valence-corrected chi connectivity index (χ1v) is 7.67. The quantitative estimate of drug-likeness (QED) is 0.830. The molecule has 108 valence electrons. The number of aryl methyl sites for hydroxylation is 1. The molecule has 3 N–H and O–H groups in total. The van der Waals surface area contributed by atoms with Crippen LogP contribution >= 0.6 is 11.3 Å². The lowest BCUT2D eigenvalue weighted by Crippen LogP contribution is -2.32. The number of amides is 1. The molecule has 1 aliphatic rings. The molecular weight excluding hydrogens is 272 g/mol. The molecule has 0 spiro atoms. The largest absolute Gasteiger partial charge is 0.381 e. The molecular formula is C15H20N2O2S. The number of hydrogen-bond donors (Lipinski definition) is 2. The second kappa shape index (κ2) is 7.44. The number of nitrogens with two attached hydrogens (primary N) is 1. The molecule has 1 aromatic heterocycles. The molecule has 1 unspecified atom stereocenters. The Balaban J connectivity index is 1.91. The topological polar surface area (TPSA) is 64.3 Å². The third kappa shape index (κ3) is 4.07. The fourth-order valence-electron chi connectivity index (χ4n) is 2.14. The van der Waals surface area contributed by atoms with Crippen LogP contribution in [0.4, 0.5) is 0 Å². The van der Waals surface area contributed by atoms with Crippen LogP contribution < -0.4 is 11.1 Å². The van der Waals surface area contributed by atoms with Crippen LogP contribution in [0.15, 0.2) is 6.07 Å². The average molecular weight is 292 g/mol. The molecule has 4 nitrogen and oxygen atoms in total. The maximum atomic E-state index is 12.1. The Hall–Kier alpha value is -1.35. The molecule has 1 amide bonds. The number of carbonyl (C=O) groups excluding carboxylic acids is 1. The normalized spacial score (nSPS) is 18.2. The number of rotatable bonds is 3. The number of thiophene rings is 1. The highest BCUT2D eigenvalue weighted by atomic mass is 32.1. The van der Waals surface area contributed by atoms with Crippen LogP contribution in [0.1, 0.15) is 33.0 Å². The smallest absolute Gasteiger partial charge is 0.261 e. The first-order valence-electron chi connectivity index (χ1n) is 6.86. The fourth-order valence-corrected chi connectivity index (χ4v) is 3.11. The van der Waals surface area contributed by atoms with Gasteiger partial charge in [-0.1, -0.05) is 11.8 Å². The Morgan fingerprint density at radius 2 is 2.50 bits per heavy atom. The Morgan fingerprint density at radius 3 is 3.20 bits per heavy atom. The van der Waals surface area contributed by atoms with E-state index >= 15 is 0 Å². The molecule has 1 aliphatic heterocycles. The zero-order valence-electron chi connectivity index (χ0n) is 11.7. The minimum Gasteiger partial charge on any atom is -0.381 e. The number of hydrogen-bond acceptors (Lipinski definition) is 4. The molecule has 20 heavy (non-hydrogen) atoms. The Labute approximate surface area is 123 Å². The van der Waals surface area contributed by atoms with Crippen LogP contribution in [-0.4, -0.2) is 32.2 Å². The summed E-state index contributed by atoms with van der Waals surface area (Å²) < 4.78 is 5.41. The van der Waals surface area contributed by atoms with Gasteiger partial charge in [0, 0.05) is 13.2 Å². The summed E-state index contributed by atoms with van der Waals surface area (Å²) in [6.07, 6.45) is 2.20. The SMILES string of the molecule is Cc1cc(C(=O)NCC2CCCOC2)sc1C#CCN. The van der Waals surface area contributed by atoms with Gasteiger partial charge >= 0.3 is 0 Å². The summed E-state index contributed by atoms with van der Waals surface area (Å²) in [6, 6.07) is 1.89. The van der Waals surface area contributed by atoms with Crippen LogP contribution in [0.3, 0.4) is 0 Å². The summed E-state index contributed by atoms with van der Waals surface area (Å²) in [4.78, 5) is 13.7. The Morgan fingerprint density at radius 1 is 1.65 bits per heavy atom. The highest BCUT2D eigenvalue weighted by Gasteiger charge is 2.16. The predicted molar refractivity (Wildman–Crippen MR) is 80.9 cm³/mol. The zero-order valence-corrected chi connectivity index (χ0v) is 12.5. The van der Waals surface area contributed by atoms with Gasteiger partial charge in [0.1, 0.15) is 0 Å². The lowest BCUT2D eigenvalue weighted by atomic mass is 10.0. The van der Waals surface area contributed by atoms with E-state index in [0.717, 1.165) is 36.5 Å². The lowest BCUT2D eigenvalue weighted by molar-refractivity contribution is 0.0536. The highest BCUT2D eigenvalue weighted by Crippen LogP contribution is 2.21. The van der Waals surface area contributed by atoms with Gasteiger partial charge in [-0.15, -0.1) is 11.3 Å². The summed E-state index contributed by atoms with van der Waals surface area (Å²) in [7, 11) is 0. The van der Waals surface area contributed by atoms with Crippen LogP contribution in [0, 0.1) is 24.7 Å². The van der Waals surface area contributed by atoms with Gasteiger partial charge in [0.25, 0.3) is 5.91 Å². The molecule has 0 radical (unpaired) electrons. The van der Waals surface area contributed by atoms with E-state index in [1.807, 2.05) is 13.0 Å². The van der Waals surface area contributed by atoms with Gasteiger partial charge in [0.15, 0.2) is 0 Å². The first-order chi connectivity index (χ1) is 9.70. The summed E-state index contributed by atoms with van der Waals surface area (Å²) in [5, 5.41) is 2.98. The minimum atomic E-state index is -0.0236. The van der Waals surface area contributed by atoms with Gasteiger partial charge in [0.2, 0.25) is 0 Å². The van der Waals surface area contributed by atoms with Gasteiger partial charge in [0.05, 0.1) is 22.9 Å². The van der Waals surface area contributed by atoms with Gasteiger partial charge < -0.3 is 15.8 Å². The number of ether oxygens (including phenoxy) is 1. The molecule has 0 aliphatic carbocycles. The van der Waals surface area contributed by atoms with Crippen molar-refractivity contribution in [2.75, 3.05) is 26.3 Å². The third-order valence-electron chi connectivity index (χ3n) is 3.25. The summed E-state index contributed by atoms with van der Waals surface area (Å²) in [6.45, 7) is 4.57. The third-order valence-corrected chi connectivity index (χ3v) is 4.40.